The number of hydrogen-bond donors (Lipinski definition) is 1. The second kappa shape index (κ2) is 5.64. The third-order valence-corrected chi connectivity index (χ3v) is 2.76. The molecule has 1 N–H and O–H groups in total. The maximum absolute atomic E-state index is 11.6. The predicted octanol–water partition coefficient (Wildman–Crippen LogP) is 2.27. The number of nitrogens with one attached hydrogen (secondary N) is 1. The molecule has 0 aromatic heterocycles. The Kier molecular flexibility index (Phi) is 3.94. The third-order valence-electron chi connectivity index (χ3n) is 2.76. The van der Waals surface area contributed by atoms with Crippen molar-refractivity contribution in [3.63, 3.8) is 0 Å². The number of benzene rings is 1. The van der Waals surface area contributed by atoms with Crippen molar-refractivity contribution in [2.24, 2.45) is 0 Å². The number of carbonyl (C=O) groups excluding carboxylic acids is 1. The van der Waals surface area contributed by atoms with Crippen molar-refractivity contribution < 1.29 is 9.53 Å². The lowest BCUT2D eigenvalue weighted by Crippen LogP contribution is -2.15. The Morgan fingerprint density at radius 3 is 3.18 bits per heavy atom. The molecule has 3 heteroatoms. The number of Topliss-reactive ketones (excluding diaryl/α,β-unsaturated/α-hetero) is 1. The van der Waals surface area contributed by atoms with Gasteiger partial charge in [-0.15, -0.1) is 0 Å². The molecule has 1 aliphatic rings. The van der Waals surface area contributed by atoms with Crippen LogP contribution in [-0.4, -0.2) is 26.0 Å². The minimum Gasteiger partial charge on any atom is -0.492 e. The lowest BCUT2D eigenvalue weighted by molar-refractivity contribution is 0.0933. The van der Waals surface area contributed by atoms with Gasteiger partial charge in [0.05, 0.1) is 12.2 Å². The zero-order valence-electron chi connectivity index (χ0n) is 10.0. The molecule has 1 aromatic rings. The SMILES string of the molecule is CNCCC=Cc1ccc2c(c1)OCCC2=O. The maximum atomic E-state index is 11.6. The molecule has 3 nitrogen and oxygen atoms in total. The van der Waals surface area contributed by atoms with Crippen LogP contribution in [0, 0.1) is 0 Å². The van der Waals surface area contributed by atoms with Gasteiger partial charge in [-0.25, -0.2) is 0 Å². The first-order valence-corrected chi connectivity index (χ1v) is 5.92. The molecular weight excluding hydrogens is 214 g/mol. The van der Waals surface area contributed by atoms with E-state index in [1.807, 2.05) is 25.2 Å². The highest BCUT2D eigenvalue weighted by atomic mass is 16.5. The quantitative estimate of drug-likeness (QED) is 0.808. The molecular formula is C14H17NO2. The highest BCUT2D eigenvalue weighted by molar-refractivity contribution is 5.99. The Bertz CT molecular complexity index is 438. The van der Waals surface area contributed by atoms with E-state index in [0.29, 0.717) is 18.6 Å². The molecule has 2 rings (SSSR count). The van der Waals surface area contributed by atoms with Crippen LogP contribution in [0.5, 0.6) is 5.75 Å². The van der Waals surface area contributed by atoms with Crippen molar-refractivity contribution in [3.05, 3.63) is 35.4 Å². The molecule has 0 spiro atoms. The van der Waals surface area contributed by atoms with Crippen LogP contribution in [0.25, 0.3) is 6.08 Å². The summed E-state index contributed by atoms with van der Waals surface area (Å²) in [5, 5.41) is 3.09. The number of ether oxygens (including phenoxy) is 1. The Balaban J connectivity index is 2.10. The molecule has 0 saturated carbocycles. The Morgan fingerprint density at radius 1 is 1.47 bits per heavy atom. The van der Waals surface area contributed by atoms with E-state index >= 15 is 0 Å². The van der Waals surface area contributed by atoms with Gasteiger partial charge in [-0.2, -0.15) is 0 Å². The normalized spacial score (nSPS) is 14.8. The molecule has 0 amide bonds. The van der Waals surface area contributed by atoms with Gasteiger partial charge in [0.25, 0.3) is 0 Å². The predicted molar refractivity (Wildman–Crippen MR) is 68.5 cm³/mol. The first-order valence-electron chi connectivity index (χ1n) is 5.92. The third kappa shape index (κ3) is 2.94. The molecule has 1 heterocycles. The first kappa shape index (κ1) is 11.9. The van der Waals surface area contributed by atoms with Crippen molar-refractivity contribution in [2.75, 3.05) is 20.2 Å². The molecule has 0 bridgehead atoms. The molecule has 0 aliphatic carbocycles. The minimum atomic E-state index is 0.178. The lowest BCUT2D eigenvalue weighted by atomic mass is 10.0. The first-order chi connectivity index (χ1) is 8.31. The molecule has 0 saturated heterocycles. The fourth-order valence-corrected chi connectivity index (χ4v) is 1.83. The summed E-state index contributed by atoms with van der Waals surface area (Å²) in [5.74, 6) is 0.897. The average Bonchev–Trinajstić information content (AvgIpc) is 2.35. The van der Waals surface area contributed by atoms with Crippen LogP contribution in [0.2, 0.25) is 0 Å². The molecule has 0 atom stereocenters. The van der Waals surface area contributed by atoms with Gasteiger partial charge in [-0.1, -0.05) is 18.2 Å². The topological polar surface area (TPSA) is 38.3 Å². The standard InChI is InChI=1S/C14H17NO2/c1-15-8-3-2-4-11-5-6-12-13(16)7-9-17-14(12)10-11/h2,4-6,10,15H,3,7-9H2,1H3. The van der Waals surface area contributed by atoms with Crippen molar-refractivity contribution in [2.45, 2.75) is 12.8 Å². The van der Waals surface area contributed by atoms with Crippen LogP contribution >= 0.6 is 0 Å². The average molecular weight is 231 g/mol. The number of hydrogen-bond acceptors (Lipinski definition) is 3. The summed E-state index contributed by atoms with van der Waals surface area (Å²) in [6, 6.07) is 5.75. The Hall–Kier alpha value is -1.61. The fraction of sp³-hybridized carbons (Fsp3) is 0.357. The summed E-state index contributed by atoms with van der Waals surface area (Å²) in [5.41, 5.74) is 1.79. The molecule has 1 aliphatic heterocycles. The van der Waals surface area contributed by atoms with E-state index in [9.17, 15) is 4.79 Å². The Morgan fingerprint density at radius 2 is 2.35 bits per heavy atom. The summed E-state index contributed by atoms with van der Waals surface area (Å²) in [7, 11) is 1.94. The maximum Gasteiger partial charge on any atom is 0.169 e. The van der Waals surface area contributed by atoms with E-state index in [4.69, 9.17) is 4.74 Å². The minimum absolute atomic E-state index is 0.178. The molecule has 0 radical (unpaired) electrons. The monoisotopic (exact) mass is 231 g/mol. The van der Waals surface area contributed by atoms with Gasteiger partial charge in [0, 0.05) is 6.42 Å². The number of rotatable bonds is 4. The van der Waals surface area contributed by atoms with Gasteiger partial charge >= 0.3 is 0 Å². The zero-order chi connectivity index (χ0) is 12.1. The van der Waals surface area contributed by atoms with E-state index in [1.165, 1.54) is 0 Å². The van der Waals surface area contributed by atoms with Gasteiger partial charge < -0.3 is 10.1 Å². The highest BCUT2D eigenvalue weighted by Crippen LogP contribution is 2.26. The second-order valence-electron chi connectivity index (χ2n) is 4.07. The van der Waals surface area contributed by atoms with Crippen LogP contribution in [0.3, 0.4) is 0 Å². The van der Waals surface area contributed by atoms with E-state index in [0.717, 1.165) is 24.3 Å². The second-order valence-corrected chi connectivity index (χ2v) is 4.07. The van der Waals surface area contributed by atoms with Crippen LogP contribution in [0.4, 0.5) is 0 Å². The van der Waals surface area contributed by atoms with Crippen LogP contribution in [0.1, 0.15) is 28.8 Å². The zero-order valence-corrected chi connectivity index (χ0v) is 10.0. The Labute approximate surface area is 101 Å². The van der Waals surface area contributed by atoms with Crippen molar-refractivity contribution in [1.82, 2.24) is 5.32 Å². The largest absolute Gasteiger partial charge is 0.492 e. The summed E-state index contributed by atoms with van der Waals surface area (Å²) in [6.07, 6.45) is 5.65. The van der Waals surface area contributed by atoms with Crippen LogP contribution in [0.15, 0.2) is 24.3 Å². The summed E-state index contributed by atoms with van der Waals surface area (Å²) >= 11 is 0. The summed E-state index contributed by atoms with van der Waals surface area (Å²) in [6.45, 7) is 1.47. The molecule has 0 fully saturated rings. The highest BCUT2D eigenvalue weighted by Gasteiger charge is 2.17. The van der Waals surface area contributed by atoms with E-state index < -0.39 is 0 Å². The number of carbonyl (C=O) groups is 1. The fourth-order valence-electron chi connectivity index (χ4n) is 1.83. The van der Waals surface area contributed by atoms with Crippen LogP contribution < -0.4 is 10.1 Å². The lowest BCUT2D eigenvalue weighted by Gasteiger charge is -2.16. The van der Waals surface area contributed by atoms with Gasteiger partial charge in [0.2, 0.25) is 0 Å². The van der Waals surface area contributed by atoms with E-state index in [-0.39, 0.29) is 5.78 Å². The van der Waals surface area contributed by atoms with Crippen molar-refractivity contribution in [1.29, 1.82) is 0 Å². The van der Waals surface area contributed by atoms with E-state index in [1.54, 1.807) is 0 Å². The molecule has 0 unspecified atom stereocenters. The molecule has 17 heavy (non-hydrogen) atoms. The van der Waals surface area contributed by atoms with Gasteiger partial charge in [0.15, 0.2) is 5.78 Å². The summed E-state index contributed by atoms with van der Waals surface area (Å²) < 4.78 is 5.49. The van der Waals surface area contributed by atoms with E-state index in [2.05, 4.69) is 17.5 Å². The van der Waals surface area contributed by atoms with Gasteiger partial charge in [-0.05, 0) is 37.7 Å². The summed E-state index contributed by atoms with van der Waals surface area (Å²) in [4.78, 5) is 11.6. The van der Waals surface area contributed by atoms with Gasteiger partial charge in [-0.3, -0.25) is 4.79 Å². The number of ketones is 1. The number of fused-ring (bicyclic) bond motifs is 1. The van der Waals surface area contributed by atoms with Crippen LogP contribution in [-0.2, 0) is 0 Å². The van der Waals surface area contributed by atoms with Crippen molar-refractivity contribution in [3.8, 4) is 5.75 Å². The molecule has 1 aromatic carbocycles. The molecule has 90 valence electrons. The smallest absolute Gasteiger partial charge is 0.169 e. The van der Waals surface area contributed by atoms with Gasteiger partial charge in [0.1, 0.15) is 5.75 Å². The van der Waals surface area contributed by atoms with Crippen molar-refractivity contribution >= 4 is 11.9 Å².